The predicted molar refractivity (Wildman–Crippen MR) is 126 cm³/mol. The fraction of sp³-hybridized carbons (Fsp3) is 0.261. The van der Waals surface area contributed by atoms with Crippen molar-refractivity contribution in [2.45, 2.75) is 18.9 Å². The van der Waals surface area contributed by atoms with Crippen LogP contribution in [-0.2, 0) is 10.0 Å². The first kappa shape index (κ1) is 23.9. The number of anilines is 1. The molecule has 0 bridgehead atoms. The van der Waals surface area contributed by atoms with Crippen LogP contribution in [0.4, 0.5) is 10.2 Å². The number of piperidine rings is 1. The normalized spacial score (nSPS) is 14.9. The van der Waals surface area contributed by atoms with Crippen molar-refractivity contribution < 1.29 is 17.6 Å². The Morgan fingerprint density at radius 3 is 2.47 bits per heavy atom. The van der Waals surface area contributed by atoms with Crippen molar-refractivity contribution in [3.8, 4) is 11.8 Å². The molecule has 1 fully saturated rings. The molecule has 1 N–H and O–H groups in total. The lowest BCUT2D eigenvalue weighted by Gasteiger charge is -2.31. The zero-order chi connectivity index (χ0) is 24.3. The van der Waals surface area contributed by atoms with Crippen LogP contribution < -0.4 is 5.32 Å². The molecule has 1 aliphatic heterocycles. The topological polar surface area (TPSA) is 97.2 Å². The lowest BCUT2D eigenvalue weighted by molar-refractivity contribution is 0.101. The van der Waals surface area contributed by atoms with Crippen molar-refractivity contribution in [3.63, 3.8) is 0 Å². The quantitative estimate of drug-likeness (QED) is 0.553. The van der Waals surface area contributed by atoms with Crippen LogP contribution in [0.2, 0.25) is 5.02 Å². The predicted octanol–water partition coefficient (Wildman–Crippen LogP) is 3.32. The molecule has 1 saturated heterocycles. The molecule has 1 amide bonds. The van der Waals surface area contributed by atoms with Crippen molar-refractivity contribution in [2.24, 2.45) is 0 Å². The highest BCUT2D eigenvalue weighted by Gasteiger charge is 2.30. The fourth-order valence-corrected chi connectivity index (χ4v) is 4.77. The molecule has 0 atom stereocenters. The number of nitrogens with one attached hydrogen (secondary N) is 1. The van der Waals surface area contributed by atoms with E-state index >= 15 is 0 Å². The van der Waals surface area contributed by atoms with Crippen molar-refractivity contribution in [2.75, 3.05) is 24.7 Å². The SMILES string of the molecule is CS(=O)(=O)N1CCC(n2ncc(Cl)c2C(=O)Nc2ncc(C#Cc3ccccc3)cc2F)CC1. The van der Waals surface area contributed by atoms with Gasteiger partial charge < -0.3 is 5.32 Å². The molecule has 0 aliphatic carbocycles. The molecule has 1 aromatic carbocycles. The average Bonchev–Trinajstić information content (AvgIpc) is 3.21. The minimum absolute atomic E-state index is 0.0635. The lowest BCUT2D eigenvalue weighted by atomic mass is 10.1. The summed E-state index contributed by atoms with van der Waals surface area (Å²) in [5, 5.41) is 6.75. The van der Waals surface area contributed by atoms with Gasteiger partial charge in [-0.15, -0.1) is 0 Å². The van der Waals surface area contributed by atoms with Crippen molar-refractivity contribution in [1.82, 2.24) is 19.1 Å². The monoisotopic (exact) mass is 501 g/mol. The van der Waals surface area contributed by atoms with Gasteiger partial charge in [-0.1, -0.05) is 41.6 Å². The molecule has 1 aliphatic rings. The lowest BCUT2D eigenvalue weighted by Crippen LogP contribution is -2.39. The summed E-state index contributed by atoms with van der Waals surface area (Å²) >= 11 is 6.21. The van der Waals surface area contributed by atoms with Crippen LogP contribution >= 0.6 is 11.6 Å². The molecule has 0 unspecified atom stereocenters. The Hall–Kier alpha value is -3.26. The summed E-state index contributed by atoms with van der Waals surface area (Å²) in [4.78, 5) is 16.9. The van der Waals surface area contributed by atoms with Gasteiger partial charge in [0.2, 0.25) is 10.0 Å². The first-order valence-electron chi connectivity index (χ1n) is 10.4. The highest BCUT2D eigenvalue weighted by atomic mass is 35.5. The molecule has 34 heavy (non-hydrogen) atoms. The molecule has 176 valence electrons. The number of benzene rings is 1. The number of sulfonamides is 1. The van der Waals surface area contributed by atoms with Gasteiger partial charge in [0.15, 0.2) is 11.6 Å². The van der Waals surface area contributed by atoms with Gasteiger partial charge in [0.05, 0.1) is 23.5 Å². The molecule has 11 heteroatoms. The van der Waals surface area contributed by atoms with E-state index in [-0.39, 0.29) is 22.6 Å². The third-order valence-corrected chi connectivity index (χ3v) is 6.98. The zero-order valence-corrected chi connectivity index (χ0v) is 19.8. The number of halogens is 2. The maximum atomic E-state index is 14.6. The highest BCUT2D eigenvalue weighted by molar-refractivity contribution is 7.88. The molecular weight excluding hydrogens is 481 g/mol. The number of amides is 1. The Morgan fingerprint density at radius 2 is 1.82 bits per heavy atom. The third kappa shape index (κ3) is 5.44. The fourth-order valence-electron chi connectivity index (χ4n) is 3.68. The van der Waals surface area contributed by atoms with Gasteiger partial charge in [-0.3, -0.25) is 9.48 Å². The Kier molecular flexibility index (Phi) is 6.97. The molecule has 0 spiro atoms. The number of carbonyl (C=O) groups is 1. The largest absolute Gasteiger partial charge is 0.303 e. The standard InChI is InChI=1S/C23H21ClFN5O3S/c1-34(32,33)29-11-9-18(10-12-29)30-21(19(24)15-27-30)23(31)28-22-20(25)13-17(14-26-22)8-7-16-5-3-2-4-6-16/h2-6,13-15,18H,9-12H2,1H3,(H,26,28,31). The number of hydrogen-bond donors (Lipinski definition) is 1. The summed E-state index contributed by atoms with van der Waals surface area (Å²) in [6, 6.07) is 10.2. The second kappa shape index (κ2) is 9.93. The minimum Gasteiger partial charge on any atom is -0.303 e. The van der Waals surface area contributed by atoms with E-state index in [4.69, 9.17) is 11.6 Å². The summed E-state index contributed by atoms with van der Waals surface area (Å²) < 4.78 is 41.0. The van der Waals surface area contributed by atoms with Gasteiger partial charge in [0, 0.05) is 30.4 Å². The van der Waals surface area contributed by atoms with Gasteiger partial charge in [-0.2, -0.15) is 5.10 Å². The molecule has 8 nitrogen and oxygen atoms in total. The minimum atomic E-state index is -3.28. The van der Waals surface area contributed by atoms with E-state index in [9.17, 15) is 17.6 Å². The molecule has 4 rings (SSSR count). The summed E-state index contributed by atoms with van der Waals surface area (Å²) in [5.74, 6) is 4.10. The average molecular weight is 502 g/mol. The van der Waals surface area contributed by atoms with Gasteiger partial charge in [0.1, 0.15) is 5.69 Å². The number of pyridine rings is 1. The molecule has 2 aromatic heterocycles. The highest BCUT2D eigenvalue weighted by Crippen LogP contribution is 2.28. The maximum Gasteiger partial charge on any atom is 0.276 e. The van der Waals surface area contributed by atoms with Crippen LogP contribution in [0.5, 0.6) is 0 Å². The smallest absolute Gasteiger partial charge is 0.276 e. The number of aromatic nitrogens is 3. The molecule has 0 saturated carbocycles. The second-order valence-corrected chi connectivity index (χ2v) is 10.2. The van der Waals surface area contributed by atoms with E-state index in [1.54, 1.807) is 0 Å². The summed E-state index contributed by atoms with van der Waals surface area (Å²) in [7, 11) is -3.28. The third-order valence-electron chi connectivity index (χ3n) is 5.40. The van der Waals surface area contributed by atoms with E-state index in [0.717, 1.165) is 11.8 Å². The van der Waals surface area contributed by atoms with Crippen molar-refractivity contribution >= 4 is 33.3 Å². The number of carbonyl (C=O) groups excluding carboxylic acids is 1. The van der Waals surface area contributed by atoms with E-state index in [0.29, 0.717) is 31.5 Å². The Morgan fingerprint density at radius 1 is 1.15 bits per heavy atom. The van der Waals surface area contributed by atoms with Gasteiger partial charge >= 0.3 is 0 Å². The maximum absolute atomic E-state index is 14.6. The number of nitrogens with zero attached hydrogens (tertiary/aromatic N) is 4. The van der Waals surface area contributed by atoms with Crippen LogP contribution in [0.3, 0.4) is 0 Å². The summed E-state index contributed by atoms with van der Waals surface area (Å²) in [6.45, 7) is 0.618. The van der Waals surface area contributed by atoms with Crippen LogP contribution in [0, 0.1) is 17.7 Å². The summed E-state index contributed by atoms with van der Waals surface area (Å²) in [5.41, 5.74) is 1.21. The molecule has 3 heterocycles. The second-order valence-electron chi connectivity index (χ2n) is 7.80. The number of rotatable bonds is 4. The van der Waals surface area contributed by atoms with Gasteiger partial charge in [-0.25, -0.2) is 22.1 Å². The van der Waals surface area contributed by atoms with Gasteiger partial charge in [0.25, 0.3) is 5.91 Å². The first-order valence-corrected chi connectivity index (χ1v) is 12.7. The Bertz CT molecular complexity index is 1370. The Balaban J connectivity index is 1.49. The number of hydrogen-bond acceptors (Lipinski definition) is 5. The molecule has 0 radical (unpaired) electrons. The van der Waals surface area contributed by atoms with Crippen molar-refractivity contribution in [1.29, 1.82) is 0 Å². The first-order chi connectivity index (χ1) is 16.2. The van der Waals surface area contributed by atoms with E-state index < -0.39 is 21.7 Å². The van der Waals surface area contributed by atoms with Crippen LogP contribution in [-0.4, -0.2) is 52.7 Å². The van der Waals surface area contributed by atoms with Crippen LogP contribution in [0.15, 0.2) is 48.8 Å². The van der Waals surface area contributed by atoms with Crippen LogP contribution in [0.1, 0.15) is 40.5 Å². The zero-order valence-electron chi connectivity index (χ0n) is 18.2. The van der Waals surface area contributed by atoms with Crippen LogP contribution in [0.25, 0.3) is 0 Å². The molecule has 3 aromatic rings. The van der Waals surface area contributed by atoms with E-state index in [1.807, 2.05) is 30.3 Å². The summed E-state index contributed by atoms with van der Waals surface area (Å²) in [6.07, 6.45) is 4.80. The Labute approximate surface area is 201 Å². The van der Waals surface area contributed by atoms with E-state index in [1.165, 1.54) is 27.4 Å². The van der Waals surface area contributed by atoms with Crippen molar-refractivity contribution in [3.05, 3.63) is 76.5 Å². The molecular formula is C23H21ClFN5O3S. The van der Waals surface area contributed by atoms with E-state index in [2.05, 4.69) is 27.2 Å². The van der Waals surface area contributed by atoms with Gasteiger partial charge in [-0.05, 0) is 31.0 Å².